The monoisotopic (exact) mass is 482 g/mol. The number of hydrogen-bond acceptors (Lipinski definition) is 5. The summed E-state index contributed by atoms with van der Waals surface area (Å²) in [6, 6.07) is 23.8. The van der Waals surface area contributed by atoms with Crippen molar-refractivity contribution >= 4 is 17.3 Å². The first-order chi connectivity index (χ1) is 16.6. The zero-order valence-electron chi connectivity index (χ0n) is 18.8. The van der Waals surface area contributed by atoms with E-state index in [1.54, 1.807) is 12.1 Å². The Balaban J connectivity index is 1.35. The molecule has 1 N–H and O–H groups in total. The normalized spacial score (nSPS) is 16.4. The zero-order valence-corrected chi connectivity index (χ0v) is 19.6. The molecule has 2 atom stereocenters. The number of rotatable bonds is 11. The van der Waals surface area contributed by atoms with Crippen LogP contribution in [0.1, 0.15) is 23.1 Å². The Kier molecular flexibility index (Phi) is 8.66. The van der Waals surface area contributed by atoms with E-state index in [2.05, 4.69) is 10.1 Å². The van der Waals surface area contributed by atoms with Crippen molar-refractivity contribution in [2.24, 2.45) is 5.16 Å². The number of oxime groups is 1. The third-order valence-corrected chi connectivity index (χ3v) is 5.98. The molecule has 7 heteroatoms. The van der Waals surface area contributed by atoms with E-state index >= 15 is 0 Å². The summed E-state index contributed by atoms with van der Waals surface area (Å²) in [6.45, 7) is 2.17. The molecule has 3 aromatic rings. The Hall–Kier alpha value is -2.77. The minimum absolute atomic E-state index is 0.181. The molecule has 178 valence electrons. The Bertz CT molecular complexity index is 1080. The van der Waals surface area contributed by atoms with Gasteiger partial charge in [-0.3, -0.25) is 4.90 Å². The maximum absolute atomic E-state index is 13.2. The van der Waals surface area contributed by atoms with Crippen LogP contribution in [0.2, 0.25) is 5.02 Å². The van der Waals surface area contributed by atoms with Gasteiger partial charge >= 0.3 is 0 Å². The van der Waals surface area contributed by atoms with Crippen LogP contribution in [0, 0.1) is 5.82 Å². The van der Waals surface area contributed by atoms with Gasteiger partial charge in [-0.1, -0.05) is 77.4 Å². The molecule has 3 aromatic carbocycles. The van der Waals surface area contributed by atoms with Crippen molar-refractivity contribution in [1.82, 2.24) is 4.90 Å². The molecule has 0 spiro atoms. The molecule has 1 aliphatic heterocycles. The molecule has 0 saturated heterocycles. The maximum Gasteiger partial charge on any atom is 0.145 e. The van der Waals surface area contributed by atoms with Gasteiger partial charge in [0.25, 0.3) is 0 Å². The molecule has 0 aromatic heterocycles. The smallest absolute Gasteiger partial charge is 0.145 e. The molecule has 1 aliphatic rings. The van der Waals surface area contributed by atoms with Crippen molar-refractivity contribution < 1.29 is 19.1 Å². The summed E-state index contributed by atoms with van der Waals surface area (Å²) in [5, 5.41) is 15.6. The number of halogens is 2. The van der Waals surface area contributed by atoms with Gasteiger partial charge in [-0.2, -0.15) is 0 Å². The van der Waals surface area contributed by atoms with E-state index in [-0.39, 0.29) is 18.5 Å². The van der Waals surface area contributed by atoms with Crippen LogP contribution < -0.4 is 0 Å². The molecule has 0 saturated carbocycles. The summed E-state index contributed by atoms with van der Waals surface area (Å²) in [7, 11) is 0. The van der Waals surface area contributed by atoms with Gasteiger partial charge in [0, 0.05) is 31.1 Å². The van der Waals surface area contributed by atoms with Crippen LogP contribution in [0.3, 0.4) is 0 Å². The number of ether oxygens (including phenoxy) is 1. The van der Waals surface area contributed by atoms with Crippen LogP contribution in [0.15, 0.2) is 84.0 Å². The third-order valence-electron chi connectivity index (χ3n) is 5.61. The number of aliphatic hydroxyl groups excluding tert-OH is 1. The molecular formula is C27H28ClFN2O3. The van der Waals surface area contributed by atoms with E-state index in [0.29, 0.717) is 37.7 Å². The van der Waals surface area contributed by atoms with Crippen molar-refractivity contribution in [2.75, 3.05) is 19.7 Å². The predicted octanol–water partition coefficient (Wildman–Crippen LogP) is 5.05. The van der Waals surface area contributed by atoms with Gasteiger partial charge in [-0.15, -0.1) is 0 Å². The maximum atomic E-state index is 13.2. The Morgan fingerprint density at radius 1 is 1.06 bits per heavy atom. The van der Waals surface area contributed by atoms with E-state index in [1.165, 1.54) is 12.1 Å². The minimum atomic E-state index is -0.676. The molecule has 5 nitrogen and oxygen atoms in total. The molecule has 1 heterocycles. The van der Waals surface area contributed by atoms with Crippen LogP contribution in [-0.2, 0) is 22.7 Å². The van der Waals surface area contributed by atoms with E-state index in [9.17, 15) is 9.50 Å². The first-order valence-corrected chi connectivity index (χ1v) is 11.7. The van der Waals surface area contributed by atoms with Crippen LogP contribution in [0.4, 0.5) is 4.39 Å². The van der Waals surface area contributed by atoms with E-state index in [0.717, 1.165) is 22.4 Å². The molecule has 0 unspecified atom stereocenters. The molecule has 0 bridgehead atoms. The van der Waals surface area contributed by atoms with Crippen molar-refractivity contribution in [1.29, 1.82) is 0 Å². The van der Waals surface area contributed by atoms with Gasteiger partial charge in [0.2, 0.25) is 0 Å². The van der Waals surface area contributed by atoms with Gasteiger partial charge in [-0.25, -0.2) is 4.39 Å². The quantitative estimate of drug-likeness (QED) is 0.415. The predicted molar refractivity (Wildman–Crippen MR) is 131 cm³/mol. The Morgan fingerprint density at radius 2 is 1.79 bits per heavy atom. The fourth-order valence-electron chi connectivity index (χ4n) is 3.94. The molecule has 0 amide bonds. The summed E-state index contributed by atoms with van der Waals surface area (Å²) in [5.74, 6) is -0.283. The molecule has 0 radical (unpaired) electrons. The van der Waals surface area contributed by atoms with E-state index in [1.807, 2.05) is 54.6 Å². The lowest BCUT2D eigenvalue weighted by atomic mass is 10.0. The van der Waals surface area contributed by atoms with Crippen LogP contribution >= 0.6 is 11.6 Å². The largest absolute Gasteiger partial charge is 0.390 e. The standard InChI is InChI=1S/C27H28ClFN2O3/c28-26-9-5-4-8-22(26)15-31(16-24(32)19-33-18-20-6-2-1-3-7-20)17-25-14-27(30-34-25)21-10-12-23(29)13-11-21/h1-13,24-25,32H,14-19H2/t24-,25-/m0/s1. The summed E-state index contributed by atoms with van der Waals surface area (Å²) in [5.41, 5.74) is 3.66. The number of benzene rings is 3. The molecule has 0 fully saturated rings. The van der Waals surface area contributed by atoms with Gasteiger partial charge in [0.1, 0.15) is 11.9 Å². The number of nitrogens with zero attached hydrogens (tertiary/aromatic N) is 2. The van der Waals surface area contributed by atoms with Crippen molar-refractivity contribution in [2.45, 2.75) is 31.8 Å². The summed E-state index contributed by atoms with van der Waals surface area (Å²) in [6.07, 6.45) is -0.254. The minimum Gasteiger partial charge on any atom is -0.390 e. The van der Waals surface area contributed by atoms with Gasteiger partial charge in [-0.05, 0) is 34.9 Å². The average molecular weight is 483 g/mol. The second-order valence-corrected chi connectivity index (χ2v) is 8.82. The highest BCUT2D eigenvalue weighted by Crippen LogP contribution is 2.21. The molecule has 34 heavy (non-hydrogen) atoms. The lowest BCUT2D eigenvalue weighted by Crippen LogP contribution is -2.39. The van der Waals surface area contributed by atoms with Crippen molar-refractivity contribution in [3.05, 3.63) is 106 Å². The second kappa shape index (κ2) is 12.1. The van der Waals surface area contributed by atoms with E-state index < -0.39 is 6.10 Å². The van der Waals surface area contributed by atoms with Gasteiger partial charge in [0.05, 0.1) is 25.0 Å². The Labute approximate surface area is 204 Å². The highest BCUT2D eigenvalue weighted by atomic mass is 35.5. The summed E-state index contributed by atoms with van der Waals surface area (Å²) < 4.78 is 19.0. The fraction of sp³-hybridized carbons (Fsp3) is 0.296. The zero-order chi connectivity index (χ0) is 23.8. The first kappa shape index (κ1) is 24.4. The summed E-state index contributed by atoms with van der Waals surface area (Å²) >= 11 is 6.39. The number of hydrogen-bond donors (Lipinski definition) is 1. The third kappa shape index (κ3) is 7.11. The molecular weight excluding hydrogens is 455 g/mol. The van der Waals surface area contributed by atoms with Crippen LogP contribution in [0.5, 0.6) is 0 Å². The lowest BCUT2D eigenvalue weighted by Gasteiger charge is -2.27. The highest BCUT2D eigenvalue weighted by Gasteiger charge is 2.26. The molecule has 4 rings (SSSR count). The van der Waals surface area contributed by atoms with Crippen molar-refractivity contribution in [3.63, 3.8) is 0 Å². The highest BCUT2D eigenvalue weighted by molar-refractivity contribution is 6.31. The fourth-order valence-corrected chi connectivity index (χ4v) is 4.13. The SMILES string of the molecule is O[C@H](COCc1ccccc1)CN(Cc1ccccc1Cl)C[C@@H]1CC(c2ccc(F)cc2)=NO1. The Morgan fingerprint density at radius 3 is 2.56 bits per heavy atom. The van der Waals surface area contributed by atoms with E-state index in [4.69, 9.17) is 21.2 Å². The first-order valence-electron chi connectivity index (χ1n) is 11.3. The van der Waals surface area contributed by atoms with Crippen molar-refractivity contribution in [3.8, 4) is 0 Å². The second-order valence-electron chi connectivity index (χ2n) is 8.42. The van der Waals surface area contributed by atoms with Crippen LogP contribution in [0.25, 0.3) is 0 Å². The number of aliphatic hydroxyl groups is 1. The average Bonchev–Trinajstić information content (AvgIpc) is 3.30. The topological polar surface area (TPSA) is 54.3 Å². The molecule has 0 aliphatic carbocycles. The van der Waals surface area contributed by atoms with Gasteiger partial charge < -0.3 is 14.7 Å². The summed E-state index contributed by atoms with van der Waals surface area (Å²) in [4.78, 5) is 7.78. The van der Waals surface area contributed by atoms with Gasteiger partial charge in [0.15, 0.2) is 0 Å². The van der Waals surface area contributed by atoms with Crippen LogP contribution in [-0.4, -0.2) is 47.6 Å². The lowest BCUT2D eigenvalue weighted by molar-refractivity contribution is -0.00648.